The zero-order chi connectivity index (χ0) is 69.5. The van der Waals surface area contributed by atoms with Gasteiger partial charge >= 0.3 is 44.5 Å². The molecule has 0 spiro atoms. The topological polar surface area (TPSA) is 755 Å². The second-order valence-electron chi connectivity index (χ2n) is 21.7. The van der Waals surface area contributed by atoms with Gasteiger partial charge in [0.05, 0.1) is 19.8 Å². The Labute approximate surface area is 519 Å². The van der Waals surface area contributed by atoms with E-state index in [4.69, 9.17) is 61.6 Å². The Bertz CT molecular complexity index is 2820. The van der Waals surface area contributed by atoms with Crippen molar-refractivity contribution in [3.8, 4) is 0 Å². The fraction of sp³-hybridized carbons (Fsp3) is 0.886. The Morgan fingerprint density at radius 3 is 0.935 bits per heavy atom. The van der Waals surface area contributed by atoms with E-state index in [-0.39, 0.29) is 0 Å². The van der Waals surface area contributed by atoms with Crippen LogP contribution in [-0.2, 0) is 106 Å². The average molecular weight is 1410 g/mol. The number of rotatable bonds is 24. The lowest BCUT2D eigenvalue weighted by molar-refractivity contribution is -0.380. The molecule has 25 N–H and O–H groups in total. The van der Waals surface area contributed by atoms with Crippen molar-refractivity contribution in [3.05, 3.63) is 0 Å². The first-order chi connectivity index (χ1) is 43.2. The minimum atomic E-state index is -5.66. The fourth-order valence-electron chi connectivity index (χ4n) is 10.9. The molecule has 0 radical (unpaired) electrons. The van der Waals surface area contributed by atoms with Crippen LogP contribution in [0.3, 0.4) is 0 Å². The number of ether oxygens (including phenoxy) is 13. The lowest BCUT2D eigenvalue weighted by atomic mass is 9.94. The number of amides is 1. The summed E-state index contributed by atoms with van der Waals surface area (Å²) in [6.07, 6.45) is -77.0. The molecule has 0 saturated carbocycles. The van der Waals surface area contributed by atoms with Crippen LogP contribution in [0.2, 0.25) is 0 Å². The van der Waals surface area contributed by atoms with Gasteiger partial charge < -0.3 is 169 Å². The third kappa shape index (κ3) is 16.9. The molecule has 93 heavy (non-hydrogen) atoms. The molecule has 0 aromatic heterocycles. The van der Waals surface area contributed by atoms with Crippen molar-refractivity contribution in [1.82, 2.24) is 14.8 Å². The van der Waals surface area contributed by atoms with E-state index in [1.165, 1.54) is 9.44 Å². The molecule has 0 aliphatic carbocycles. The number of aliphatic carboxylic acids is 4. The van der Waals surface area contributed by atoms with E-state index in [0.29, 0.717) is 0 Å². The van der Waals surface area contributed by atoms with Gasteiger partial charge in [-0.15, -0.1) is 0 Å². The SMILES string of the molecule is CC(=O)N[C@H]1[C@@H](O[C@H]2[C@H](O)[C@@H](O)[C@H](O[C@H]3[C@H](O)[C@@H](NS(=O)(=O)O)[C@@H](O[C@H]4[C@H](O)[C@@H](O)[C@H](O[C@H]5[C@H](O)[C@@H](NS(=O)(=O)O)[C@@H](O[C@H]6[C@H](O)[C@H](O)[C@H](O)O[C@@H]6C(=O)O)O[C@@H]5CO)O[C@H]4C(=O)O)O[C@@H]3CO)O[C@@H]2C(=O)O)O[C@H](CO)[C@@H](O[C@@H]2O[C@H](C(=O)O)[C@@H](O)[C@H](O)[C@H]2O)[C@@H]1O. The van der Waals surface area contributed by atoms with Crippen LogP contribution in [0.5, 0.6) is 0 Å². The molecule has 7 aliphatic heterocycles. The van der Waals surface area contributed by atoms with Gasteiger partial charge in [-0.2, -0.15) is 26.3 Å². The van der Waals surface area contributed by atoms with Crippen LogP contribution in [-0.4, -0.2) is 392 Å². The van der Waals surface area contributed by atoms with Gasteiger partial charge in [0, 0.05) is 6.92 Å². The molecule has 0 bridgehead atoms. The number of aliphatic hydroxyl groups excluding tert-OH is 16. The van der Waals surface area contributed by atoms with E-state index >= 15 is 0 Å². The van der Waals surface area contributed by atoms with E-state index in [0.717, 1.165) is 6.92 Å². The number of carboxylic acids is 4. The summed E-state index contributed by atoms with van der Waals surface area (Å²) in [4.78, 5) is 61.8. The summed E-state index contributed by atoms with van der Waals surface area (Å²) in [5.41, 5.74) is 0. The maximum atomic E-state index is 12.8. The highest BCUT2D eigenvalue weighted by molar-refractivity contribution is 7.84. The number of hydrogen-bond acceptors (Lipinski definition) is 38. The van der Waals surface area contributed by atoms with Crippen molar-refractivity contribution in [3.63, 3.8) is 0 Å². The second-order valence-corrected chi connectivity index (χ2v) is 24.1. The number of carbonyl (C=O) groups excluding carboxylic acids is 1. The molecule has 0 aromatic carbocycles. The van der Waals surface area contributed by atoms with Crippen LogP contribution in [0.1, 0.15) is 6.92 Å². The molecule has 7 saturated heterocycles. The predicted molar refractivity (Wildman–Crippen MR) is 271 cm³/mol. The van der Waals surface area contributed by atoms with Crippen molar-refractivity contribution >= 4 is 50.4 Å². The molecule has 7 fully saturated rings. The number of carboxylic acid groups (broad SMARTS) is 4. The van der Waals surface area contributed by atoms with Crippen LogP contribution in [0.25, 0.3) is 0 Å². The van der Waals surface area contributed by atoms with Crippen molar-refractivity contribution in [2.24, 2.45) is 0 Å². The molecule has 0 unspecified atom stereocenters. The Kier molecular flexibility index (Phi) is 25.3. The molecule has 1 amide bonds. The second kappa shape index (κ2) is 30.8. The van der Waals surface area contributed by atoms with Gasteiger partial charge in [0.25, 0.3) is 0 Å². The van der Waals surface area contributed by atoms with Gasteiger partial charge in [-0.25, -0.2) is 19.2 Å². The Balaban J connectivity index is 1.07. The Morgan fingerprint density at radius 2 is 0.624 bits per heavy atom. The molecule has 7 aliphatic rings. The van der Waals surface area contributed by atoms with Gasteiger partial charge in [0.15, 0.2) is 68.4 Å². The van der Waals surface area contributed by atoms with E-state index in [1.807, 2.05) is 0 Å². The normalized spacial score (nSPS) is 46.8. The first-order valence-corrected chi connectivity index (χ1v) is 30.0. The monoisotopic (exact) mass is 1410 g/mol. The van der Waals surface area contributed by atoms with Crippen molar-refractivity contribution in [2.45, 2.75) is 222 Å². The summed E-state index contributed by atoms with van der Waals surface area (Å²) in [6.45, 7) is -3.10. The molecule has 47 nitrogen and oxygen atoms in total. The largest absolute Gasteiger partial charge is 0.479 e. The van der Waals surface area contributed by atoms with E-state index in [9.17, 15) is 152 Å². The number of hydrogen-bond donors (Lipinski definition) is 25. The summed E-state index contributed by atoms with van der Waals surface area (Å²) in [6, 6.07) is -7.06. The summed E-state index contributed by atoms with van der Waals surface area (Å²) < 4.78 is 142. The van der Waals surface area contributed by atoms with Gasteiger partial charge in [0.2, 0.25) is 5.91 Å². The number of nitrogens with one attached hydrogen (secondary N) is 3. The minimum Gasteiger partial charge on any atom is -0.479 e. The van der Waals surface area contributed by atoms with Gasteiger partial charge in [0.1, 0.15) is 146 Å². The van der Waals surface area contributed by atoms with Crippen LogP contribution < -0.4 is 14.8 Å². The van der Waals surface area contributed by atoms with Crippen LogP contribution >= 0.6 is 0 Å². The molecule has 35 atom stereocenters. The molecule has 7 rings (SSSR count). The van der Waals surface area contributed by atoms with Crippen molar-refractivity contribution in [1.29, 1.82) is 0 Å². The molecule has 0 aromatic rings. The first-order valence-electron chi connectivity index (χ1n) is 27.1. The highest BCUT2D eigenvalue weighted by atomic mass is 32.2. The summed E-state index contributed by atoms with van der Waals surface area (Å²) in [5, 5.41) is 215. The third-order valence-electron chi connectivity index (χ3n) is 15.4. The molecular formula is C44H69N3O44S2. The first kappa shape index (κ1) is 76.3. The summed E-state index contributed by atoms with van der Waals surface area (Å²) >= 11 is 0. The van der Waals surface area contributed by atoms with E-state index < -0.39 is 285 Å². The maximum Gasteiger partial charge on any atom is 0.335 e. The molecule has 49 heteroatoms. The lowest BCUT2D eigenvalue weighted by Crippen LogP contribution is -2.71. The average Bonchev–Trinajstić information content (AvgIpc) is 0.774. The highest BCUT2D eigenvalue weighted by Crippen LogP contribution is 2.38. The molecular weight excluding hydrogens is 1340 g/mol. The number of carbonyl (C=O) groups is 5. The van der Waals surface area contributed by atoms with E-state index in [2.05, 4.69) is 5.32 Å². The smallest absolute Gasteiger partial charge is 0.335 e. The van der Waals surface area contributed by atoms with Crippen molar-refractivity contribution < 1.29 is 214 Å². The highest BCUT2D eigenvalue weighted by Gasteiger charge is 2.61. The lowest BCUT2D eigenvalue weighted by Gasteiger charge is -2.50. The Morgan fingerprint density at radius 1 is 0.344 bits per heavy atom. The minimum absolute atomic E-state index is 0.867. The quantitative estimate of drug-likeness (QED) is 0.0399. The third-order valence-corrected chi connectivity index (χ3v) is 16.6. The summed E-state index contributed by atoms with van der Waals surface area (Å²) in [7, 11) is -11.2. The van der Waals surface area contributed by atoms with Crippen molar-refractivity contribution in [2.75, 3.05) is 19.8 Å². The predicted octanol–water partition coefficient (Wildman–Crippen LogP) is -17.0. The van der Waals surface area contributed by atoms with Crippen LogP contribution in [0.4, 0.5) is 0 Å². The molecule has 536 valence electrons. The van der Waals surface area contributed by atoms with Crippen LogP contribution in [0, 0.1) is 0 Å². The zero-order valence-electron chi connectivity index (χ0n) is 47.0. The summed E-state index contributed by atoms with van der Waals surface area (Å²) in [5.74, 6) is -9.12. The maximum absolute atomic E-state index is 12.8. The van der Waals surface area contributed by atoms with Gasteiger partial charge in [-0.1, -0.05) is 0 Å². The van der Waals surface area contributed by atoms with Gasteiger partial charge in [-0.3, -0.25) is 13.9 Å². The number of aliphatic hydroxyl groups is 16. The fourth-order valence-corrected chi connectivity index (χ4v) is 12.1. The Hall–Kier alpha value is -4.07. The van der Waals surface area contributed by atoms with Gasteiger partial charge in [-0.05, 0) is 0 Å². The zero-order valence-corrected chi connectivity index (χ0v) is 48.6. The van der Waals surface area contributed by atoms with Crippen LogP contribution in [0.15, 0.2) is 0 Å². The molecule has 7 heterocycles. The van der Waals surface area contributed by atoms with E-state index in [1.54, 1.807) is 0 Å². The standard InChI is InChI=1S/C44H69N3O44S2/c1-5(51)45-9-12(52)24(83-42-21(61)15(55)16(56)30(89-42)34(64)65)6(2-48)79-39(9)86-28-18(58)22(62)43(90-32(28)36(68)69)84-26-8(4-50)81-41(11(14(26)54)47-93(76,77)78)88-29-19(59)23(63)44(91-33(29)37(70)71)85-25-7(3-49)80-40(10(13(25)53)46-92(73,74)75)87-27-17(57)20(60)38(72)82-31(27)35(66)67/h6-33,38-44,46-50,52-63,72H,2-4H2,1H3,(H,45,51)(H,64,65)(H,66,67)(H,68,69)(H,70,71)(H,73,74,75)(H,76,77,78)/t6-,7-,8-,9-,10-,11-,12-,13-,14-,15+,16+,17-,18-,19-,20+,21-,22-,23-,24-,25-,26-,27+,28+,29+,30+,31+,32+,33-,38-,39-,40-,41-,42-,43-,44-/m1/s1.